The molecule has 1 amide bonds. The molecule has 2 N–H and O–H groups in total. The Balaban J connectivity index is 1.24. The van der Waals surface area contributed by atoms with Crippen molar-refractivity contribution < 1.29 is 14.3 Å². The number of rotatable bonds is 3. The molecule has 0 aromatic heterocycles. The van der Waals surface area contributed by atoms with E-state index in [1.807, 2.05) is 30.3 Å². The third-order valence-corrected chi connectivity index (χ3v) is 5.35. The summed E-state index contributed by atoms with van der Waals surface area (Å²) in [5.41, 5.74) is 2.28. The van der Waals surface area contributed by atoms with Gasteiger partial charge in [0.1, 0.15) is 12.0 Å². The molecule has 3 aliphatic heterocycles. The highest BCUT2D eigenvalue weighted by Gasteiger charge is 2.22. The Hall–Kier alpha value is -3.78. The molecule has 8 nitrogen and oxygen atoms in total. The van der Waals surface area contributed by atoms with Gasteiger partial charge in [-0.3, -0.25) is 10.1 Å². The maximum atomic E-state index is 12.3. The van der Waals surface area contributed by atoms with E-state index in [-0.39, 0.29) is 11.6 Å². The van der Waals surface area contributed by atoms with Gasteiger partial charge in [-0.1, -0.05) is 12.1 Å². The summed E-state index contributed by atoms with van der Waals surface area (Å²) in [6, 6.07) is 15.5. The van der Waals surface area contributed by atoms with Gasteiger partial charge in [0, 0.05) is 43.6 Å². The van der Waals surface area contributed by atoms with Gasteiger partial charge in [-0.15, -0.1) is 0 Å². The van der Waals surface area contributed by atoms with Crippen LogP contribution in [0.1, 0.15) is 0 Å². The number of ether oxygens (including phenoxy) is 2. The van der Waals surface area contributed by atoms with E-state index in [0.29, 0.717) is 23.2 Å². The second-order valence-electron chi connectivity index (χ2n) is 7.59. The molecule has 0 spiro atoms. The normalized spacial score (nSPS) is 19.7. The van der Waals surface area contributed by atoms with Crippen LogP contribution in [-0.4, -0.2) is 50.0 Å². The molecule has 1 saturated heterocycles. The number of benzene rings is 2. The summed E-state index contributed by atoms with van der Waals surface area (Å²) in [5, 5.41) is 5.89. The molecule has 1 fully saturated rings. The van der Waals surface area contributed by atoms with E-state index in [2.05, 4.69) is 44.6 Å². The maximum absolute atomic E-state index is 12.3. The number of anilines is 2. The second-order valence-corrected chi connectivity index (χ2v) is 7.59. The van der Waals surface area contributed by atoms with E-state index in [1.165, 1.54) is 11.9 Å². The van der Waals surface area contributed by atoms with Gasteiger partial charge in [-0.2, -0.15) is 0 Å². The molecular formula is C23H23N5O3. The average molecular weight is 417 g/mol. The van der Waals surface area contributed by atoms with Crippen LogP contribution in [0.2, 0.25) is 0 Å². The average Bonchev–Trinajstić information content (AvgIpc) is 3.13. The first-order valence-electron chi connectivity index (χ1n) is 10.2. The largest absolute Gasteiger partial charge is 0.457 e. The first-order valence-corrected chi connectivity index (χ1v) is 10.2. The van der Waals surface area contributed by atoms with E-state index in [4.69, 9.17) is 9.47 Å². The predicted octanol–water partition coefficient (Wildman–Crippen LogP) is 2.53. The van der Waals surface area contributed by atoms with Crippen LogP contribution in [0.4, 0.5) is 11.4 Å². The molecule has 3 aliphatic rings. The Bertz CT molecular complexity index is 1080. The molecule has 0 atom stereocenters. The number of nitrogens with zero attached hydrogens (tertiary/aromatic N) is 3. The van der Waals surface area contributed by atoms with Gasteiger partial charge in [0.05, 0.1) is 0 Å². The third-order valence-electron chi connectivity index (χ3n) is 5.35. The topological polar surface area (TPSA) is 78.4 Å². The number of para-hydroxylation sites is 2. The Morgan fingerprint density at radius 1 is 1.03 bits per heavy atom. The van der Waals surface area contributed by atoms with Crippen molar-refractivity contribution in [3.63, 3.8) is 0 Å². The number of carbonyl (C=O) groups is 1. The van der Waals surface area contributed by atoms with Gasteiger partial charge >= 0.3 is 0 Å². The minimum atomic E-state index is -0.306. The van der Waals surface area contributed by atoms with E-state index in [0.717, 1.165) is 31.9 Å². The number of nitrogens with one attached hydrogen (secondary N) is 2. The minimum absolute atomic E-state index is 0.241. The van der Waals surface area contributed by atoms with Crippen LogP contribution >= 0.6 is 0 Å². The van der Waals surface area contributed by atoms with Crippen molar-refractivity contribution in [3.05, 3.63) is 72.3 Å². The maximum Gasteiger partial charge on any atom is 0.276 e. The molecule has 2 aromatic carbocycles. The van der Waals surface area contributed by atoms with E-state index < -0.39 is 0 Å². The monoisotopic (exact) mass is 417 g/mol. The van der Waals surface area contributed by atoms with Gasteiger partial charge in [0.2, 0.25) is 5.96 Å². The number of amides is 1. The van der Waals surface area contributed by atoms with Crippen molar-refractivity contribution in [1.82, 2.24) is 10.2 Å². The molecule has 0 unspecified atom stereocenters. The van der Waals surface area contributed by atoms with Crippen molar-refractivity contribution in [3.8, 4) is 11.5 Å². The quantitative estimate of drug-likeness (QED) is 0.748. The third kappa shape index (κ3) is 4.24. The highest BCUT2D eigenvalue weighted by Crippen LogP contribution is 2.32. The van der Waals surface area contributed by atoms with Gasteiger partial charge in [0.25, 0.3) is 5.91 Å². The summed E-state index contributed by atoms with van der Waals surface area (Å²) in [4.78, 5) is 21.4. The first-order chi connectivity index (χ1) is 15.1. The number of likely N-dealkylation sites (N-methyl/N-ethyl adjacent to an activating group) is 1. The minimum Gasteiger partial charge on any atom is -0.457 e. The van der Waals surface area contributed by atoms with Crippen molar-refractivity contribution in [2.75, 3.05) is 43.4 Å². The Morgan fingerprint density at radius 3 is 2.55 bits per heavy atom. The van der Waals surface area contributed by atoms with E-state index >= 15 is 0 Å². The van der Waals surface area contributed by atoms with Crippen molar-refractivity contribution >= 4 is 23.2 Å². The number of aliphatic imine (C=N–C) groups is 1. The second kappa shape index (κ2) is 8.16. The van der Waals surface area contributed by atoms with Gasteiger partial charge < -0.3 is 24.6 Å². The van der Waals surface area contributed by atoms with Crippen LogP contribution in [0, 0.1) is 0 Å². The van der Waals surface area contributed by atoms with Gasteiger partial charge in [0.15, 0.2) is 17.3 Å². The molecule has 0 aliphatic carbocycles. The highest BCUT2D eigenvalue weighted by atomic mass is 16.6. The van der Waals surface area contributed by atoms with Gasteiger partial charge in [-0.05, 0) is 43.4 Å². The summed E-state index contributed by atoms with van der Waals surface area (Å²) in [6.45, 7) is 4.17. The molecular weight excluding hydrogens is 394 g/mol. The molecule has 0 saturated carbocycles. The zero-order valence-corrected chi connectivity index (χ0v) is 17.2. The zero-order valence-electron chi connectivity index (χ0n) is 17.2. The molecule has 31 heavy (non-hydrogen) atoms. The summed E-state index contributed by atoms with van der Waals surface area (Å²) in [6.07, 6.45) is 3.01. The smallest absolute Gasteiger partial charge is 0.276 e. The molecule has 158 valence electrons. The SMILES string of the molecule is CN1CCN(c2ccc(NC3=N/C(=C\C4=COc5ccccc5O4)C(=O)N3)cc2)CC1. The summed E-state index contributed by atoms with van der Waals surface area (Å²) < 4.78 is 11.3. The number of fused-ring (bicyclic) bond motifs is 1. The fourth-order valence-corrected chi connectivity index (χ4v) is 3.59. The Morgan fingerprint density at radius 2 is 1.77 bits per heavy atom. The Labute approximate surface area is 180 Å². The number of carbonyl (C=O) groups excluding carboxylic acids is 1. The Kier molecular flexibility index (Phi) is 5.05. The van der Waals surface area contributed by atoms with Crippen LogP contribution < -0.4 is 25.0 Å². The number of hydrogen-bond acceptors (Lipinski definition) is 7. The van der Waals surface area contributed by atoms with Crippen LogP contribution in [-0.2, 0) is 4.79 Å². The van der Waals surface area contributed by atoms with E-state index in [9.17, 15) is 4.79 Å². The lowest BCUT2D eigenvalue weighted by molar-refractivity contribution is -0.115. The van der Waals surface area contributed by atoms with Gasteiger partial charge in [-0.25, -0.2) is 4.99 Å². The van der Waals surface area contributed by atoms with Crippen LogP contribution in [0.15, 0.2) is 77.3 Å². The first kappa shape index (κ1) is 19.2. The molecule has 3 heterocycles. The fourth-order valence-electron chi connectivity index (χ4n) is 3.59. The van der Waals surface area contributed by atoms with Crippen LogP contribution in [0.3, 0.4) is 0 Å². The fraction of sp³-hybridized carbons (Fsp3) is 0.217. The van der Waals surface area contributed by atoms with Crippen molar-refractivity contribution in [1.29, 1.82) is 0 Å². The summed E-state index contributed by atoms with van der Waals surface area (Å²) in [7, 11) is 2.15. The lowest BCUT2D eigenvalue weighted by atomic mass is 10.2. The number of allylic oxidation sites excluding steroid dienone is 1. The lowest BCUT2D eigenvalue weighted by Gasteiger charge is -2.34. The zero-order chi connectivity index (χ0) is 21.2. The standard InChI is InChI=1S/C23H23N5O3/c1-27-10-12-28(13-11-27)17-8-6-16(7-9-17)24-23-25-19(22(29)26-23)14-18-15-30-20-4-2-3-5-21(20)31-18/h2-9,14-15H,10-13H2,1H3,(H2,24,25,26,29)/b19-14-. The molecule has 0 bridgehead atoms. The summed E-state index contributed by atoms with van der Waals surface area (Å²) >= 11 is 0. The summed E-state index contributed by atoms with van der Waals surface area (Å²) in [5.74, 6) is 1.70. The molecule has 8 heteroatoms. The van der Waals surface area contributed by atoms with Crippen molar-refractivity contribution in [2.45, 2.75) is 0 Å². The van der Waals surface area contributed by atoms with E-state index in [1.54, 1.807) is 12.1 Å². The van der Waals surface area contributed by atoms with Crippen molar-refractivity contribution in [2.24, 2.45) is 4.99 Å². The number of piperazine rings is 1. The molecule has 0 radical (unpaired) electrons. The molecule has 2 aromatic rings. The van der Waals surface area contributed by atoms with Crippen LogP contribution in [0.5, 0.6) is 11.5 Å². The number of guanidine groups is 1. The van der Waals surface area contributed by atoms with Crippen LogP contribution in [0.25, 0.3) is 0 Å². The predicted molar refractivity (Wildman–Crippen MR) is 119 cm³/mol. The number of hydrogen-bond donors (Lipinski definition) is 2. The highest BCUT2D eigenvalue weighted by molar-refractivity contribution is 6.15. The molecule has 5 rings (SSSR count). The lowest BCUT2D eigenvalue weighted by Crippen LogP contribution is -2.44.